The number of imidazole rings is 1. The summed E-state index contributed by atoms with van der Waals surface area (Å²) in [6.45, 7) is 3.51. The van der Waals surface area contributed by atoms with E-state index in [-0.39, 0.29) is 35.7 Å². The van der Waals surface area contributed by atoms with Gasteiger partial charge in [0.15, 0.2) is 5.82 Å². The number of nitrogens with two attached hydrogens (primary N) is 1. The number of phosphoric acid groups is 1. The summed E-state index contributed by atoms with van der Waals surface area (Å²) in [6, 6.07) is 9.99. The smallest absolute Gasteiger partial charge is 0.508 e. The van der Waals surface area contributed by atoms with Crippen LogP contribution in [0.5, 0.6) is 11.5 Å². The topological polar surface area (TPSA) is 190 Å². The van der Waals surface area contributed by atoms with Gasteiger partial charge >= 0.3 is 7.82 Å². The van der Waals surface area contributed by atoms with Crippen molar-refractivity contribution in [1.82, 2.24) is 19.4 Å². The third kappa shape index (κ3) is 7.69. The predicted octanol–water partition coefficient (Wildman–Crippen LogP) is 4.00. The Morgan fingerprint density at radius 2 is 1.71 bits per heavy atom. The number of ether oxygens (including phenoxy) is 1. The van der Waals surface area contributed by atoms with Crippen LogP contribution in [-0.4, -0.2) is 65.9 Å². The van der Waals surface area contributed by atoms with Crippen molar-refractivity contribution < 1.29 is 38.3 Å². The van der Waals surface area contributed by atoms with Crippen molar-refractivity contribution in [2.24, 2.45) is 0 Å². The van der Waals surface area contributed by atoms with Gasteiger partial charge in [-0.2, -0.15) is 0 Å². The van der Waals surface area contributed by atoms with Crippen LogP contribution in [-0.2, 0) is 38.3 Å². The lowest BCUT2D eigenvalue weighted by Crippen LogP contribution is -2.31. The summed E-state index contributed by atoms with van der Waals surface area (Å²) in [4.78, 5) is 52.5. The van der Waals surface area contributed by atoms with Crippen LogP contribution in [0.3, 0.4) is 0 Å². The third-order valence-corrected chi connectivity index (χ3v) is 7.98. The molecule has 2 aromatic heterocycles. The van der Waals surface area contributed by atoms with Gasteiger partial charge in [0, 0.05) is 49.3 Å². The number of nitrogens with zero attached hydrogens (tertiary/aromatic N) is 4. The van der Waals surface area contributed by atoms with Gasteiger partial charge in [-0.25, -0.2) is 14.5 Å². The fourth-order valence-electron chi connectivity index (χ4n) is 5.37. The van der Waals surface area contributed by atoms with E-state index in [0.29, 0.717) is 49.2 Å². The summed E-state index contributed by atoms with van der Waals surface area (Å²) in [5.41, 5.74) is 9.81. The molecule has 238 valence electrons. The van der Waals surface area contributed by atoms with Crippen LogP contribution in [0.25, 0.3) is 21.9 Å². The molecule has 45 heavy (non-hydrogen) atoms. The molecule has 0 fully saturated rings. The summed E-state index contributed by atoms with van der Waals surface area (Å²) in [7, 11) is -4.79. The Bertz CT molecular complexity index is 1800. The van der Waals surface area contributed by atoms with Gasteiger partial charge < -0.3 is 24.7 Å². The van der Waals surface area contributed by atoms with Crippen molar-refractivity contribution in [3.8, 4) is 11.5 Å². The van der Waals surface area contributed by atoms with Gasteiger partial charge in [-0.1, -0.05) is 19.4 Å². The molecule has 3 heterocycles. The Morgan fingerprint density at radius 3 is 2.44 bits per heavy atom. The molecule has 4 aromatic rings. The molecule has 1 aliphatic rings. The molecule has 0 unspecified atom stereocenters. The maximum absolute atomic E-state index is 11.7. The lowest BCUT2D eigenvalue weighted by molar-refractivity contribution is -0.136. The number of phenols is 1. The number of phenolic OH excluding ortho intramolecular Hbond substituents is 1. The minimum absolute atomic E-state index is 0.0568. The number of fused-ring (bicyclic) bond motifs is 3. The maximum atomic E-state index is 11.7. The van der Waals surface area contributed by atoms with E-state index in [4.69, 9.17) is 20.0 Å². The number of benzene rings is 2. The summed E-state index contributed by atoms with van der Waals surface area (Å²) in [6.07, 6.45) is 7.05. The molecule has 0 atom stereocenters. The van der Waals surface area contributed by atoms with Gasteiger partial charge in [0.25, 0.3) is 11.8 Å². The zero-order chi connectivity index (χ0) is 32.1. The number of hydrogen-bond acceptors (Lipinski definition) is 9. The van der Waals surface area contributed by atoms with E-state index in [9.17, 15) is 29.0 Å². The fourth-order valence-corrected chi connectivity index (χ4v) is 5.75. The van der Waals surface area contributed by atoms with Gasteiger partial charge in [-0.15, -0.1) is 0 Å². The highest BCUT2D eigenvalue weighted by molar-refractivity contribution is 7.46. The van der Waals surface area contributed by atoms with Gasteiger partial charge in [0.05, 0.1) is 17.6 Å². The fraction of sp³-hybridized carbons (Fsp3) is 0.355. The monoisotopic (exact) mass is 637 g/mol. The average Bonchev–Trinajstić information content (AvgIpc) is 3.51. The largest absolute Gasteiger partial charge is 0.524 e. The first-order valence-corrected chi connectivity index (χ1v) is 16.3. The number of carbonyl (C=O) groups is 2. The normalized spacial score (nSPS) is 13.5. The van der Waals surface area contributed by atoms with E-state index >= 15 is 0 Å². The second-order valence-electron chi connectivity index (χ2n) is 10.9. The van der Waals surface area contributed by atoms with Crippen LogP contribution in [0, 0.1) is 0 Å². The average molecular weight is 638 g/mol. The van der Waals surface area contributed by atoms with Crippen LogP contribution in [0.2, 0.25) is 0 Å². The quantitative estimate of drug-likeness (QED) is 0.0837. The molecule has 0 radical (unpaired) electrons. The van der Waals surface area contributed by atoms with Crippen molar-refractivity contribution in [2.75, 3.05) is 25.5 Å². The van der Waals surface area contributed by atoms with Crippen LogP contribution < -0.4 is 10.3 Å². The number of aromatic hydroxyl groups is 1. The first kappa shape index (κ1) is 32.1. The number of rotatable bonds is 15. The molecule has 13 nitrogen and oxygen atoms in total. The van der Waals surface area contributed by atoms with E-state index in [1.165, 1.54) is 35.3 Å². The first-order chi connectivity index (χ1) is 21.5. The van der Waals surface area contributed by atoms with Crippen LogP contribution in [0.15, 0.2) is 48.6 Å². The second kappa shape index (κ2) is 13.8. The number of amides is 2. The van der Waals surface area contributed by atoms with E-state index in [0.717, 1.165) is 48.0 Å². The van der Waals surface area contributed by atoms with Crippen LogP contribution >= 0.6 is 7.82 Å². The lowest BCUT2D eigenvalue weighted by Gasteiger charge is -2.14. The summed E-state index contributed by atoms with van der Waals surface area (Å²) in [5.74, 6) is 0.325. The molecule has 5 rings (SSSR count). The summed E-state index contributed by atoms with van der Waals surface area (Å²) in [5, 5.41) is 11.5. The molecule has 5 N–H and O–H groups in total. The SMILES string of the molecule is CCCCc1nc2c(N)nc3ccc(CCCOCCCN4C(=O)C=CC4=O)cc3c2n1Cc1cc(OP(=O)(O)O)ccc1O. The van der Waals surface area contributed by atoms with Crippen molar-refractivity contribution >= 4 is 47.4 Å². The van der Waals surface area contributed by atoms with Gasteiger partial charge in [0.1, 0.15) is 22.8 Å². The molecule has 0 saturated carbocycles. The standard InChI is InChI=1S/C31H36N5O8P/c1-2-3-7-26-34-29-30(36(26)19-21-18-22(9-11-25(21)37)44-45(40,41)42)23-17-20(8-10-24(23)33-31(29)32)6-4-15-43-16-5-14-35-27(38)12-13-28(35)39/h8-13,17-18,37H,2-7,14-16,19H2,1H3,(H2,32,33)(H2,40,41,42). The molecular weight excluding hydrogens is 601 g/mol. The first-order valence-electron chi connectivity index (χ1n) is 14.8. The van der Waals surface area contributed by atoms with Crippen molar-refractivity contribution in [2.45, 2.75) is 52.0 Å². The number of imide groups is 1. The second-order valence-corrected chi connectivity index (χ2v) is 12.0. The number of aryl methyl sites for hydroxylation is 2. The summed E-state index contributed by atoms with van der Waals surface area (Å²) < 4.78 is 23.9. The molecular formula is C31H36N5O8P. The molecule has 0 bridgehead atoms. The molecule has 0 spiro atoms. The zero-order valence-electron chi connectivity index (χ0n) is 24.9. The van der Waals surface area contributed by atoms with Gasteiger partial charge in [-0.05, 0) is 61.6 Å². The Kier molecular flexibility index (Phi) is 9.83. The highest BCUT2D eigenvalue weighted by Crippen LogP contribution is 2.39. The zero-order valence-corrected chi connectivity index (χ0v) is 25.8. The molecule has 14 heteroatoms. The van der Waals surface area contributed by atoms with E-state index < -0.39 is 7.82 Å². The number of phosphoric ester groups is 1. The van der Waals surface area contributed by atoms with Gasteiger partial charge in [0.2, 0.25) is 0 Å². The van der Waals surface area contributed by atoms with E-state index in [1.54, 1.807) is 0 Å². The number of carbonyl (C=O) groups excluding carboxylic acids is 2. The van der Waals surface area contributed by atoms with Crippen molar-refractivity contribution in [3.63, 3.8) is 0 Å². The van der Waals surface area contributed by atoms with Gasteiger partial charge in [-0.3, -0.25) is 24.3 Å². The maximum Gasteiger partial charge on any atom is 0.524 e. The molecule has 0 aliphatic carbocycles. The van der Waals surface area contributed by atoms with E-state index in [1.807, 2.05) is 16.7 Å². The molecule has 1 aliphatic heterocycles. The Balaban J connectivity index is 1.37. The number of unbranched alkanes of at least 4 members (excludes halogenated alkanes) is 1. The van der Waals surface area contributed by atoms with Crippen LogP contribution in [0.4, 0.5) is 5.82 Å². The van der Waals surface area contributed by atoms with Crippen LogP contribution in [0.1, 0.15) is 49.6 Å². The highest BCUT2D eigenvalue weighted by atomic mass is 31.2. The minimum atomic E-state index is -4.79. The number of pyridine rings is 1. The lowest BCUT2D eigenvalue weighted by atomic mass is 10.1. The molecule has 0 saturated heterocycles. The summed E-state index contributed by atoms with van der Waals surface area (Å²) >= 11 is 0. The molecule has 2 amide bonds. The third-order valence-electron chi connectivity index (χ3n) is 7.53. The number of aromatic nitrogens is 3. The number of anilines is 1. The minimum Gasteiger partial charge on any atom is -0.508 e. The Hall–Kier alpha value is -4.29. The Labute approximate surface area is 259 Å². The van der Waals surface area contributed by atoms with Crippen molar-refractivity contribution in [1.29, 1.82) is 0 Å². The number of hydrogen-bond donors (Lipinski definition) is 4. The number of nitrogen functional groups attached to an aromatic ring is 1. The Morgan fingerprint density at radius 1 is 0.956 bits per heavy atom. The predicted molar refractivity (Wildman–Crippen MR) is 168 cm³/mol. The highest BCUT2D eigenvalue weighted by Gasteiger charge is 2.23. The van der Waals surface area contributed by atoms with E-state index in [2.05, 4.69) is 18.0 Å². The molecule has 2 aromatic carbocycles. The van der Waals surface area contributed by atoms with Crippen molar-refractivity contribution in [3.05, 3.63) is 65.5 Å².